The maximum Gasteiger partial charge on any atom is 0.243 e. The van der Waals surface area contributed by atoms with E-state index in [9.17, 15) is 8.42 Å². The lowest BCUT2D eigenvalue weighted by Gasteiger charge is -2.16. The number of nitrogens with zero attached hydrogens (tertiary/aromatic N) is 1. The predicted molar refractivity (Wildman–Crippen MR) is 83.5 cm³/mol. The molecule has 0 aliphatic carbocycles. The van der Waals surface area contributed by atoms with Crippen molar-refractivity contribution in [3.8, 4) is 0 Å². The Morgan fingerprint density at radius 3 is 2.75 bits per heavy atom. The van der Waals surface area contributed by atoms with Crippen LogP contribution in [0.2, 0.25) is 5.02 Å². The van der Waals surface area contributed by atoms with Crippen molar-refractivity contribution in [3.05, 3.63) is 41.4 Å². The van der Waals surface area contributed by atoms with Gasteiger partial charge in [0.25, 0.3) is 0 Å². The standard InChI is InChI=1S/C14H21ClN2O2S/c1-4-8-16-11-12-10-13(6-7-14(12)15)20(18,19)17(3)9-5-2/h5-7,10,16H,2,4,8-9,11H2,1,3H3. The number of likely N-dealkylation sites (N-methyl/N-ethyl adjacent to an activating group) is 1. The van der Waals surface area contributed by atoms with Crippen LogP contribution < -0.4 is 5.32 Å². The van der Waals surface area contributed by atoms with Gasteiger partial charge in [0.15, 0.2) is 0 Å². The highest BCUT2D eigenvalue weighted by Gasteiger charge is 2.20. The molecule has 0 saturated heterocycles. The van der Waals surface area contributed by atoms with Crippen molar-refractivity contribution >= 4 is 21.6 Å². The Hall–Kier alpha value is -0.880. The fourth-order valence-corrected chi connectivity index (χ4v) is 3.08. The van der Waals surface area contributed by atoms with Crippen molar-refractivity contribution in [1.29, 1.82) is 0 Å². The number of rotatable bonds is 8. The molecule has 0 atom stereocenters. The summed E-state index contributed by atoms with van der Waals surface area (Å²) in [6, 6.07) is 4.78. The molecule has 0 heterocycles. The van der Waals surface area contributed by atoms with E-state index in [1.54, 1.807) is 18.2 Å². The van der Waals surface area contributed by atoms with Gasteiger partial charge in [-0.15, -0.1) is 6.58 Å². The minimum atomic E-state index is -3.50. The molecule has 0 unspecified atom stereocenters. The summed E-state index contributed by atoms with van der Waals surface area (Å²) >= 11 is 6.10. The van der Waals surface area contributed by atoms with Gasteiger partial charge in [-0.3, -0.25) is 0 Å². The molecule has 112 valence electrons. The lowest BCUT2D eigenvalue weighted by atomic mass is 10.2. The van der Waals surface area contributed by atoms with E-state index in [1.807, 2.05) is 0 Å². The Kier molecular flexibility index (Phi) is 6.68. The number of hydrogen-bond donors (Lipinski definition) is 1. The molecule has 0 spiro atoms. The molecule has 1 N–H and O–H groups in total. The van der Waals surface area contributed by atoms with E-state index in [-0.39, 0.29) is 11.4 Å². The first-order valence-electron chi connectivity index (χ1n) is 6.49. The third-order valence-electron chi connectivity index (χ3n) is 2.85. The van der Waals surface area contributed by atoms with Crippen LogP contribution in [0.15, 0.2) is 35.7 Å². The van der Waals surface area contributed by atoms with Gasteiger partial charge >= 0.3 is 0 Å². The van der Waals surface area contributed by atoms with Crippen molar-refractivity contribution < 1.29 is 8.42 Å². The monoisotopic (exact) mass is 316 g/mol. The van der Waals surface area contributed by atoms with Crippen LogP contribution in [0.3, 0.4) is 0 Å². The topological polar surface area (TPSA) is 49.4 Å². The Labute approximate surface area is 126 Å². The molecular formula is C14H21ClN2O2S. The molecule has 0 bridgehead atoms. The fraction of sp³-hybridized carbons (Fsp3) is 0.429. The van der Waals surface area contributed by atoms with Crippen LogP contribution in [0.25, 0.3) is 0 Å². The molecule has 0 amide bonds. The molecule has 0 aromatic heterocycles. The molecule has 4 nitrogen and oxygen atoms in total. The van der Waals surface area contributed by atoms with Crippen LogP contribution in [0.1, 0.15) is 18.9 Å². The van der Waals surface area contributed by atoms with Gasteiger partial charge in [-0.2, -0.15) is 4.31 Å². The summed E-state index contributed by atoms with van der Waals surface area (Å²) in [5.74, 6) is 0. The number of sulfonamides is 1. The van der Waals surface area contributed by atoms with Gasteiger partial charge in [-0.25, -0.2) is 8.42 Å². The van der Waals surface area contributed by atoms with Gasteiger partial charge in [0.1, 0.15) is 0 Å². The van der Waals surface area contributed by atoms with Crippen molar-refractivity contribution in [2.45, 2.75) is 24.8 Å². The zero-order chi connectivity index (χ0) is 15.2. The fourth-order valence-electron chi connectivity index (χ4n) is 1.71. The average molecular weight is 317 g/mol. The Morgan fingerprint density at radius 1 is 1.45 bits per heavy atom. The molecule has 20 heavy (non-hydrogen) atoms. The van der Waals surface area contributed by atoms with Crippen molar-refractivity contribution in [3.63, 3.8) is 0 Å². The second-order valence-electron chi connectivity index (χ2n) is 4.50. The second kappa shape index (κ2) is 7.78. The molecule has 0 saturated carbocycles. The summed E-state index contributed by atoms with van der Waals surface area (Å²) in [6.07, 6.45) is 2.56. The van der Waals surface area contributed by atoms with E-state index in [0.29, 0.717) is 11.6 Å². The van der Waals surface area contributed by atoms with E-state index in [1.165, 1.54) is 17.4 Å². The Morgan fingerprint density at radius 2 is 2.15 bits per heavy atom. The third-order valence-corrected chi connectivity index (χ3v) is 5.04. The molecule has 6 heteroatoms. The van der Waals surface area contributed by atoms with Gasteiger partial charge in [0.2, 0.25) is 10.0 Å². The number of benzene rings is 1. The molecule has 0 aliphatic rings. The zero-order valence-electron chi connectivity index (χ0n) is 11.9. The van der Waals surface area contributed by atoms with E-state index >= 15 is 0 Å². The highest BCUT2D eigenvalue weighted by molar-refractivity contribution is 7.89. The normalized spacial score (nSPS) is 11.8. The van der Waals surface area contributed by atoms with Crippen molar-refractivity contribution in [2.75, 3.05) is 20.1 Å². The van der Waals surface area contributed by atoms with Crippen LogP contribution in [0.4, 0.5) is 0 Å². The average Bonchev–Trinajstić information content (AvgIpc) is 2.41. The maximum atomic E-state index is 12.3. The molecular weight excluding hydrogens is 296 g/mol. The zero-order valence-corrected chi connectivity index (χ0v) is 13.5. The third kappa shape index (κ3) is 4.31. The van der Waals surface area contributed by atoms with E-state index < -0.39 is 10.0 Å². The quantitative estimate of drug-likeness (QED) is 0.592. The number of halogens is 1. The van der Waals surface area contributed by atoms with Crippen LogP contribution in [0, 0.1) is 0 Å². The number of hydrogen-bond acceptors (Lipinski definition) is 3. The largest absolute Gasteiger partial charge is 0.313 e. The summed E-state index contributed by atoms with van der Waals surface area (Å²) < 4.78 is 25.9. The maximum absolute atomic E-state index is 12.3. The SMILES string of the molecule is C=CCN(C)S(=O)(=O)c1ccc(Cl)c(CNCCC)c1. The summed E-state index contributed by atoms with van der Waals surface area (Å²) in [5, 5.41) is 3.78. The molecule has 0 radical (unpaired) electrons. The van der Waals surface area contributed by atoms with Crippen LogP contribution >= 0.6 is 11.6 Å². The minimum absolute atomic E-state index is 0.250. The smallest absolute Gasteiger partial charge is 0.243 e. The summed E-state index contributed by atoms with van der Waals surface area (Å²) in [7, 11) is -1.97. The lowest BCUT2D eigenvalue weighted by Crippen LogP contribution is -2.27. The van der Waals surface area contributed by atoms with Gasteiger partial charge in [0.05, 0.1) is 4.90 Å². The van der Waals surface area contributed by atoms with Gasteiger partial charge in [-0.1, -0.05) is 24.6 Å². The first kappa shape index (κ1) is 17.2. The minimum Gasteiger partial charge on any atom is -0.313 e. The van der Waals surface area contributed by atoms with Crippen LogP contribution in [0.5, 0.6) is 0 Å². The molecule has 1 aromatic rings. The van der Waals surface area contributed by atoms with Crippen LogP contribution in [-0.2, 0) is 16.6 Å². The van der Waals surface area contributed by atoms with Gasteiger partial charge in [0, 0.05) is 25.2 Å². The molecule has 0 aliphatic heterocycles. The second-order valence-corrected chi connectivity index (χ2v) is 6.96. The van der Waals surface area contributed by atoms with E-state index in [2.05, 4.69) is 18.8 Å². The van der Waals surface area contributed by atoms with Gasteiger partial charge in [-0.05, 0) is 36.7 Å². The first-order valence-corrected chi connectivity index (χ1v) is 8.31. The Balaban J connectivity index is 3.02. The van der Waals surface area contributed by atoms with Crippen LogP contribution in [-0.4, -0.2) is 32.9 Å². The number of nitrogens with one attached hydrogen (secondary N) is 1. The summed E-state index contributed by atoms with van der Waals surface area (Å²) in [5.41, 5.74) is 0.785. The summed E-state index contributed by atoms with van der Waals surface area (Å²) in [4.78, 5) is 0.250. The molecule has 0 fully saturated rings. The molecule has 1 aromatic carbocycles. The predicted octanol–water partition coefficient (Wildman–Crippen LogP) is 2.65. The van der Waals surface area contributed by atoms with Gasteiger partial charge < -0.3 is 5.32 Å². The first-order chi connectivity index (χ1) is 9.43. The Bertz CT molecular complexity index is 558. The molecule has 1 rings (SSSR count). The highest BCUT2D eigenvalue weighted by atomic mass is 35.5. The van der Waals surface area contributed by atoms with E-state index in [0.717, 1.165) is 18.5 Å². The lowest BCUT2D eigenvalue weighted by molar-refractivity contribution is 0.499. The van der Waals surface area contributed by atoms with E-state index in [4.69, 9.17) is 11.6 Å². The van der Waals surface area contributed by atoms with Crippen molar-refractivity contribution in [1.82, 2.24) is 9.62 Å². The van der Waals surface area contributed by atoms with Crippen molar-refractivity contribution in [2.24, 2.45) is 0 Å². The highest BCUT2D eigenvalue weighted by Crippen LogP contribution is 2.22. The summed E-state index contributed by atoms with van der Waals surface area (Å²) in [6.45, 7) is 7.32.